The number of sulfonamides is 1. The molecule has 0 saturated heterocycles. The van der Waals surface area contributed by atoms with Gasteiger partial charge in [-0.3, -0.25) is 25.1 Å². The van der Waals surface area contributed by atoms with Gasteiger partial charge in [0.25, 0.3) is 27.7 Å². The van der Waals surface area contributed by atoms with Crippen LogP contribution in [0.4, 0.5) is 8.78 Å². The molecule has 0 unspecified atom stereocenters. The van der Waals surface area contributed by atoms with E-state index in [4.69, 9.17) is 0 Å². The van der Waals surface area contributed by atoms with E-state index in [1.54, 1.807) is 0 Å². The highest BCUT2D eigenvalue weighted by molar-refractivity contribution is 7.89. The van der Waals surface area contributed by atoms with Crippen LogP contribution in [0.25, 0.3) is 0 Å². The molecule has 0 saturated carbocycles. The van der Waals surface area contributed by atoms with Gasteiger partial charge in [-0.2, -0.15) is 8.78 Å². The number of hydrogen-bond acceptors (Lipinski definition) is 6. The Morgan fingerprint density at radius 3 is 2.46 bits per heavy atom. The second-order valence-corrected chi connectivity index (χ2v) is 7.14. The summed E-state index contributed by atoms with van der Waals surface area (Å²) in [6.45, 7) is -3.08. The number of alkyl halides is 2. The summed E-state index contributed by atoms with van der Waals surface area (Å²) >= 11 is 0. The van der Waals surface area contributed by atoms with Crippen molar-refractivity contribution in [2.45, 2.75) is 11.5 Å². The van der Waals surface area contributed by atoms with Gasteiger partial charge in [0.2, 0.25) is 0 Å². The number of fused-ring (bicyclic) bond motifs is 1. The molecule has 2 aromatic carbocycles. The van der Waals surface area contributed by atoms with Crippen LogP contribution in [0.15, 0.2) is 47.4 Å². The predicted octanol–water partition coefficient (Wildman–Crippen LogP) is 0.795. The number of hydrogen-bond donors (Lipinski definition) is 3. The molecule has 0 spiro atoms. The summed E-state index contributed by atoms with van der Waals surface area (Å²) in [5.74, 6) is -2.59. The Balaban J connectivity index is 1.74. The summed E-state index contributed by atoms with van der Waals surface area (Å²) in [5.41, 5.74) is 1.70. The van der Waals surface area contributed by atoms with Gasteiger partial charge in [0, 0.05) is 5.56 Å². The molecule has 28 heavy (non-hydrogen) atoms. The van der Waals surface area contributed by atoms with Gasteiger partial charge < -0.3 is 4.74 Å². The lowest BCUT2D eigenvalue weighted by Crippen LogP contribution is -2.41. The number of amides is 3. The molecule has 0 bridgehead atoms. The van der Waals surface area contributed by atoms with Crippen LogP contribution in [0.5, 0.6) is 5.75 Å². The van der Waals surface area contributed by atoms with Gasteiger partial charge in [0.05, 0.1) is 16.0 Å². The highest BCUT2D eigenvalue weighted by Gasteiger charge is 2.29. The molecular formula is C16H11F2N3O6S. The number of hydrazine groups is 1. The lowest BCUT2D eigenvalue weighted by atomic mass is 10.1. The minimum Gasteiger partial charge on any atom is -0.435 e. The van der Waals surface area contributed by atoms with Gasteiger partial charge in [-0.15, -0.1) is 4.83 Å². The Bertz CT molecular complexity index is 1090. The van der Waals surface area contributed by atoms with Crippen LogP contribution in [0, 0.1) is 0 Å². The third-order valence-electron chi connectivity index (χ3n) is 3.64. The van der Waals surface area contributed by atoms with Crippen LogP contribution in [0.1, 0.15) is 31.1 Å². The Morgan fingerprint density at radius 1 is 1.04 bits per heavy atom. The molecular weight excluding hydrogens is 400 g/mol. The predicted molar refractivity (Wildman–Crippen MR) is 89.1 cm³/mol. The molecule has 9 nitrogen and oxygen atoms in total. The topological polar surface area (TPSA) is 131 Å². The van der Waals surface area contributed by atoms with Crippen molar-refractivity contribution in [1.82, 2.24) is 15.6 Å². The maximum absolute atomic E-state index is 12.3. The van der Waals surface area contributed by atoms with Crippen molar-refractivity contribution in [3.63, 3.8) is 0 Å². The lowest BCUT2D eigenvalue weighted by molar-refractivity contribution is -0.0498. The molecule has 12 heteroatoms. The number of rotatable bonds is 6. The first-order valence-electron chi connectivity index (χ1n) is 7.54. The second-order valence-electron chi connectivity index (χ2n) is 5.46. The molecule has 2 aromatic rings. The van der Waals surface area contributed by atoms with Crippen molar-refractivity contribution in [1.29, 1.82) is 0 Å². The molecule has 3 N–H and O–H groups in total. The smallest absolute Gasteiger partial charge is 0.387 e. The molecule has 0 aromatic heterocycles. The zero-order valence-corrected chi connectivity index (χ0v) is 14.5. The third-order valence-corrected chi connectivity index (χ3v) is 4.88. The maximum atomic E-state index is 12.3. The molecule has 3 amide bonds. The Kier molecular flexibility index (Phi) is 5.07. The molecule has 0 atom stereocenters. The molecule has 3 rings (SSSR count). The van der Waals surface area contributed by atoms with Crippen molar-refractivity contribution in [3.8, 4) is 5.75 Å². The van der Waals surface area contributed by atoms with E-state index in [2.05, 4.69) is 4.74 Å². The van der Waals surface area contributed by atoms with E-state index in [1.165, 1.54) is 18.2 Å². The van der Waals surface area contributed by atoms with E-state index >= 15 is 0 Å². The lowest BCUT2D eigenvalue weighted by Gasteiger charge is -2.10. The molecule has 0 radical (unpaired) electrons. The van der Waals surface area contributed by atoms with Crippen LogP contribution >= 0.6 is 0 Å². The van der Waals surface area contributed by atoms with Gasteiger partial charge in [-0.25, -0.2) is 8.42 Å². The van der Waals surface area contributed by atoms with E-state index in [1.807, 2.05) is 15.6 Å². The van der Waals surface area contributed by atoms with Crippen molar-refractivity contribution in [2.24, 2.45) is 0 Å². The Morgan fingerprint density at radius 2 is 1.75 bits per heavy atom. The number of imide groups is 1. The molecule has 0 fully saturated rings. The number of halogens is 2. The zero-order valence-electron chi connectivity index (χ0n) is 13.7. The highest BCUT2D eigenvalue weighted by atomic mass is 32.2. The van der Waals surface area contributed by atoms with Gasteiger partial charge in [-0.05, 0) is 36.4 Å². The quantitative estimate of drug-likeness (QED) is 0.476. The van der Waals surface area contributed by atoms with E-state index in [-0.39, 0.29) is 27.3 Å². The summed E-state index contributed by atoms with van der Waals surface area (Å²) in [5, 5.41) is 2.02. The van der Waals surface area contributed by atoms with Crippen molar-refractivity contribution in [3.05, 3.63) is 59.2 Å². The van der Waals surface area contributed by atoms with E-state index in [0.29, 0.717) is 0 Å². The first-order valence-corrected chi connectivity index (χ1v) is 9.02. The van der Waals surface area contributed by atoms with Gasteiger partial charge in [0.15, 0.2) is 0 Å². The van der Waals surface area contributed by atoms with E-state index in [9.17, 15) is 31.6 Å². The SMILES string of the molecule is O=C(NNS(=O)(=O)c1ccc2c(c1)C(=O)NC2=O)c1cccc(OC(F)F)c1. The Hall–Kier alpha value is -3.38. The average Bonchev–Trinajstić information content (AvgIpc) is 2.93. The maximum Gasteiger partial charge on any atom is 0.387 e. The van der Waals surface area contributed by atoms with Gasteiger partial charge in [0.1, 0.15) is 5.75 Å². The monoisotopic (exact) mass is 411 g/mol. The van der Waals surface area contributed by atoms with Crippen molar-refractivity contribution in [2.75, 3.05) is 0 Å². The zero-order chi connectivity index (χ0) is 20.5. The van der Waals surface area contributed by atoms with Crippen LogP contribution in [-0.2, 0) is 10.0 Å². The molecule has 0 aliphatic carbocycles. The highest BCUT2D eigenvalue weighted by Crippen LogP contribution is 2.20. The first kappa shape index (κ1) is 19.4. The minimum absolute atomic E-state index is 0.0313. The fraction of sp³-hybridized carbons (Fsp3) is 0.0625. The fourth-order valence-electron chi connectivity index (χ4n) is 2.37. The van der Waals surface area contributed by atoms with Crippen LogP contribution in [-0.4, -0.2) is 32.8 Å². The standard InChI is InChI=1S/C16H11F2N3O6S/c17-16(18)27-9-3-1-2-8(6-9)13(22)20-21-28(25,26)10-4-5-11-12(7-10)15(24)19-14(11)23/h1-7,16,21H,(H,20,22)(H,19,23,24). The summed E-state index contributed by atoms with van der Waals surface area (Å²) in [4.78, 5) is 36.6. The summed E-state index contributed by atoms with van der Waals surface area (Å²) in [7, 11) is -4.28. The normalized spacial score (nSPS) is 13.2. The van der Waals surface area contributed by atoms with E-state index < -0.39 is 34.4 Å². The summed E-state index contributed by atoms with van der Waals surface area (Å²) < 4.78 is 53.2. The summed E-state index contributed by atoms with van der Waals surface area (Å²) in [6, 6.07) is 7.97. The number of carbonyl (C=O) groups is 3. The molecule has 1 heterocycles. The van der Waals surface area contributed by atoms with Crippen molar-refractivity contribution >= 4 is 27.7 Å². The number of nitrogens with one attached hydrogen (secondary N) is 3. The molecule has 1 aliphatic heterocycles. The van der Waals surface area contributed by atoms with Gasteiger partial charge in [-0.1, -0.05) is 6.07 Å². The van der Waals surface area contributed by atoms with Crippen LogP contribution in [0.3, 0.4) is 0 Å². The van der Waals surface area contributed by atoms with Crippen LogP contribution < -0.4 is 20.3 Å². The molecule has 146 valence electrons. The minimum atomic E-state index is -4.28. The average molecular weight is 411 g/mol. The largest absolute Gasteiger partial charge is 0.435 e. The van der Waals surface area contributed by atoms with Crippen LogP contribution in [0.2, 0.25) is 0 Å². The second kappa shape index (κ2) is 7.32. The number of ether oxygens (including phenoxy) is 1. The number of benzene rings is 2. The van der Waals surface area contributed by atoms with Gasteiger partial charge >= 0.3 is 6.61 Å². The third kappa shape index (κ3) is 3.97. The van der Waals surface area contributed by atoms with Crippen molar-refractivity contribution < 1.29 is 36.3 Å². The molecule has 1 aliphatic rings. The number of carbonyl (C=O) groups excluding carboxylic acids is 3. The summed E-state index contributed by atoms with van der Waals surface area (Å²) in [6.07, 6.45) is 0. The fourth-order valence-corrected chi connectivity index (χ4v) is 3.24. The Labute approximate surface area is 156 Å². The first-order chi connectivity index (χ1) is 13.2. The van der Waals surface area contributed by atoms with E-state index in [0.717, 1.165) is 24.3 Å².